The van der Waals surface area contributed by atoms with E-state index in [9.17, 15) is 0 Å². The maximum atomic E-state index is 6.21. The molecule has 0 aliphatic carbocycles. The van der Waals surface area contributed by atoms with Crippen LogP contribution in [0.1, 0.15) is 16.7 Å². The van der Waals surface area contributed by atoms with Gasteiger partial charge in [0, 0.05) is 0 Å². The summed E-state index contributed by atoms with van der Waals surface area (Å²) in [7, 11) is 0. The second-order valence-electron chi connectivity index (χ2n) is 6.53. The van der Waals surface area contributed by atoms with E-state index in [1.165, 1.54) is 0 Å². The van der Waals surface area contributed by atoms with Gasteiger partial charge in [-0.2, -0.15) is 0 Å². The minimum absolute atomic E-state index is 0.235. The summed E-state index contributed by atoms with van der Waals surface area (Å²) in [6.45, 7) is 5.00. The second kappa shape index (κ2) is 11.0. The third-order valence-corrected chi connectivity index (χ3v) is 4.40. The normalized spacial score (nSPS) is 13.3. The summed E-state index contributed by atoms with van der Waals surface area (Å²) in [5.74, 6) is 0. The summed E-state index contributed by atoms with van der Waals surface area (Å²) >= 11 is 0. The van der Waals surface area contributed by atoms with Crippen molar-refractivity contribution in [2.75, 3.05) is 0 Å². The third kappa shape index (κ3) is 6.34. The quantitative estimate of drug-likeness (QED) is 0.404. The summed E-state index contributed by atoms with van der Waals surface area (Å²) in [4.78, 5) is 0. The molecule has 2 nitrogen and oxygen atoms in total. The van der Waals surface area contributed by atoms with Gasteiger partial charge in [-0.15, -0.1) is 6.58 Å². The average molecular weight is 370 g/mol. The van der Waals surface area contributed by atoms with Gasteiger partial charge in [-0.25, -0.2) is 0 Å². The van der Waals surface area contributed by atoms with Gasteiger partial charge in [-0.1, -0.05) is 109 Å². The van der Waals surface area contributed by atoms with Crippen LogP contribution in [0.25, 0.3) is 6.08 Å². The fourth-order valence-electron chi connectivity index (χ4n) is 2.86. The molecule has 0 saturated carbocycles. The van der Waals surface area contributed by atoms with Gasteiger partial charge in [0.25, 0.3) is 0 Å². The molecule has 0 heterocycles. The molecular weight excluding hydrogens is 344 g/mol. The molecule has 2 unspecified atom stereocenters. The fraction of sp³-hybridized carbons (Fsp3) is 0.154. The molecule has 0 aliphatic rings. The molecule has 0 spiro atoms. The lowest BCUT2D eigenvalue weighted by atomic mass is 10.1. The van der Waals surface area contributed by atoms with Crippen LogP contribution in [0.4, 0.5) is 0 Å². The summed E-state index contributed by atoms with van der Waals surface area (Å²) in [5, 5.41) is 0. The van der Waals surface area contributed by atoms with Gasteiger partial charge in [0.1, 0.15) is 12.2 Å². The van der Waals surface area contributed by atoms with Crippen molar-refractivity contribution in [3.05, 3.63) is 126 Å². The number of ether oxygens (including phenoxy) is 2. The second-order valence-corrected chi connectivity index (χ2v) is 6.53. The highest BCUT2D eigenvalue weighted by Crippen LogP contribution is 2.15. The van der Waals surface area contributed by atoms with Crippen molar-refractivity contribution in [2.24, 2.45) is 0 Å². The monoisotopic (exact) mass is 370 g/mol. The summed E-state index contributed by atoms with van der Waals surface area (Å²) < 4.78 is 12.3. The maximum absolute atomic E-state index is 6.21. The molecule has 3 aromatic rings. The molecule has 0 aliphatic heterocycles. The molecule has 0 N–H and O–H groups in total. The van der Waals surface area contributed by atoms with E-state index in [1.54, 1.807) is 0 Å². The Kier molecular flexibility index (Phi) is 7.80. The van der Waals surface area contributed by atoms with Crippen molar-refractivity contribution < 1.29 is 9.47 Å². The molecule has 0 radical (unpaired) electrons. The van der Waals surface area contributed by atoms with Crippen LogP contribution in [0.5, 0.6) is 0 Å². The molecule has 3 rings (SSSR count). The fourth-order valence-corrected chi connectivity index (χ4v) is 2.86. The first-order valence-electron chi connectivity index (χ1n) is 9.52. The molecule has 0 fully saturated rings. The highest BCUT2D eigenvalue weighted by molar-refractivity contribution is 5.49. The topological polar surface area (TPSA) is 18.5 Å². The smallest absolute Gasteiger partial charge is 0.106 e. The van der Waals surface area contributed by atoms with Gasteiger partial charge in [0.2, 0.25) is 0 Å². The van der Waals surface area contributed by atoms with Crippen LogP contribution in [0.3, 0.4) is 0 Å². The van der Waals surface area contributed by atoms with Gasteiger partial charge in [0.05, 0.1) is 13.2 Å². The van der Waals surface area contributed by atoms with E-state index in [1.807, 2.05) is 60.7 Å². The molecule has 0 amide bonds. The van der Waals surface area contributed by atoms with E-state index < -0.39 is 0 Å². The van der Waals surface area contributed by atoms with Crippen LogP contribution in [-0.4, -0.2) is 12.2 Å². The van der Waals surface area contributed by atoms with E-state index in [0.717, 1.165) is 16.7 Å². The Balaban J connectivity index is 1.70. The lowest BCUT2D eigenvalue weighted by Gasteiger charge is -2.23. The highest BCUT2D eigenvalue weighted by atomic mass is 16.5. The van der Waals surface area contributed by atoms with Crippen LogP contribution in [0, 0.1) is 0 Å². The molecule has 2 atom stereocenters. The first-order chi connectivity index (χ1) is 13.8. The molecular formula is C26H26O2. The zero-order chi connectivity index (χ0) is 19.4. The minimum Gasteiger partial charge on any atom is -0.366 e. The molecule has 0 bridgehead atoms. The van der Waals surface area contributed by atoms with E-state index >= 15 is 0 Å². The lowest BCUT2D eigenvalue weighted by Crippen LogP contribution is -2.28. The zero-order valence-electron chi connectivity index (χ0n) is 16.0. The average Bonchev–Trinajstić information content (AvgIpc) is 2.77. The highest BCUT2D eigenvalue weighted by Gasteiger charge is 2.18. The Morgan fingerprint density at radius 3 is 1.61 bits per heavy atom. The molecule has 0 saturated heterocycles. The van der Waals surface area contributed by atoms with Gasteiger partial charge in [-0.3, -0.25) is 0 Å². The number of hydrogen-bond donors (Lipinski definition) is 0. The predicted molar refractivity (Wildman–Crippen MR) is 116 cm³/mol. The third-order valence-electron chi connectivity index (χ3n) is 4.40. The molecule has 3 aromatic carbocycles. The van der Waals surface area contributed by atoms with Gasteiger partial charge in [0.15, 0.2) is 0 Å². The SMILES string of the molecule is C=CC(OCc1ccccc1)C(C=Cc1ccccc1)OCc1ccccc1. The number of hydrogen-bond acceptors (Lipinski definition) is 2. The largest absolute Gasteiger partial charge is 0.366 e. The van der Waals surface area contributed by atoms with E-state index in [4.69, 9.17) is 9.47 Å². The molecule has 28 heavy (non-hydrogen) atoms. The van der Waals surface area contributed by atoms with E-state index in [-0.39, 0.29) is 12.2 Å². The van der Waals surface area contributed by atoms with Crippen LogP contribution in [0.2, 0.25) is 0 Å². The Hall–Kier alpha value is -2.94. The lowest BCUT2D eigenvalue weighted by molar-refractivity contribution is -0.0416. The Labute approximate surface area is 167 Å². The summed E-state index contributed by atoms with van der Waals surface area (Å²) in [6.07, 6.45) is 5.45. The Morgan fingerprint density at radius 1 is 0.643 bits per heavy atom. The minimum atomic E-state index is -0.246. The molecule has 0 aromatic heterocycles. The Bertz CT molecular complexity index is 841. The van der Waals surface area contributed by atoms with Crippen LogP contribution in [0.15, 0.2) is 110 Å². The van der Waals surface area contributed by atoms with Crippen molar-refractivity contribution in [3.8, 4) is 0 Å². The predicted octanol–water partition coefficient (Wildman–Crippen LogP) is 6.06. The first-order valence-corrected chi connectivity index (χ1v) is 9.52. The zero-order valence-corrected chi connectivity index (χ0v) is 16.0. The van der Waals surface area contributed by atoms with Crippen molar-refractivity contribution in [2.45, 2.75) is 25.4 Å². The first kappa shape index (κ1) is 19.8. The van der Waals surface area contributed by atoms with Crippen molar-refractivity contribution in [1.29, 1.82) is 0 Å². The maximum Gasteiger partial charge on any atom is 0.106 e. The van der Waals surface area contributed by atoms with E-state index in [0.29, 0.717) is 13.2 Å². The number of benzene rings is 3. The van der Waals surface area contributed by atoms with Gasteiger partial charge in [-0.05, 0) is 16.7 Å². The van der Waals surface area contributed by atoms with Crippen LogP contribution >= 0.6 is 0 Å². The van der Waals surface area contributed by atoms with Gasteiger partial charge >= 0.3 is 0 Å². The summed E-state index contributed by atoms with van der Waals surface area (Å²) in [6, 6.07) is 30.5. The van der Waals surface area contributed by atoms with Crippen LogP contribution < -0.4 is 0 Å². The van der Waals surface area contributed by atoms with Crippen LogP contribution in [-0.2, 0) is 22.7 Å². The van der Waals surface area contributed by atoms with Crippen molar-refractivity contribution >= 4 is 6.08 Å². The Morgan fingerprint density at radius 2 is 1.11 bits per heavy atom. The standard InChI is InChI=1S/C26H26O2/c1-2-25(27-20-23-14-8-4-9-15-23)26(19-18-22-12-6-3-7-13-22)28-21-24-16-10-5-11-17-24/h2-19,25-26H,1,20-21H2. The van der Waals surface area contributed by atoms with Crippen molar-refractivity contribution in [1.82, 2.24) is 0 Å². The molecule has 2 heteroatoms. The van der Waals surface area contributed by atoms with Crippen molar-refractivity contribution in [3.63, 3.8) is 0 Å². The summed E-state index contributed by atoms with van der Waals surface area (Å²) in [5.41, 5.74) is 3.39. The number of rotatable bonds is 10. The van der Waals surface area contributed by atoms with E-state index in [2.05, 4.69) is 55.1 Å². The van der Waals surface area contributed by atoms with Gasteiger partial charge < -0.3 is 9.47 Å². The molecule has 142 valence electrons.